The molecule has 2 aromatic heterocycles. The Morgan fingerprint density at radius 2 is 2.13 bits per heavy atom. The highest BCUT2D eigenvalue weighted by Crippen LogP contribution is 2.47. The molecule has 0 saturated heterocycles. The summed E-state index contributed by atoms with van der Waals surface area (Å²) in [7, 11) is 1.62. The Labute approximate surface area is 184 Å². The molecule has 30 heavy (non-hydrogen) atoms. The van der Waals surface area contributed by atoms with Gasteiger partial charge in [0.1, 0.15) is 23.6 Å². The molecule has 0 bridgehead atoms. The van der Waals surface area contributed by atoms with Crippen molar-refractivity contribution in [1.82, 2.24) is 15.3 Å². The summed E-state index contributed by atoms with van der Waals surface area (Å²) in [6.07, 6.45) is 1.95. The standard InChI is InChI=1S/C22H22N4O2S2/c1-13(2)20-23-10-14(30-20)11-26-16-7-5-4-6-15(16)22(25-21(26)29)12-28-17-8-9-18(27-3)24-19(17)22/h4-10,13H,11-12H2,1-3H3,(H,25,29). The van der Waals surface area contributed by atoms with Crippen LogP contribution in [0.2, 0.25) is 0 Å². The first kappa shape index (κ1) is 19.3. The van der Waals surface area contributed by atoms with Crippen molar-refractivity contribution in [3.63, 3.8) is 0 Å². The van der Waals surface area contributed by atoms with E-state index < -0.39 is 5.54 Å². The molecule has 0 aliphatic carbocycles. The lowest BCUT2D eigenvalue weighted by Gasteiger charge is -2.42. The van der Waals surface area contributed by atoms with E-state index in [0.29, 0.717) is 30.1 Å². The lowest BCUT2D eigenvalue weighted by molar-refractivity contribution is 0.277. The summed E-state index contributed by atoms with van der Waals surface area (Å²) in [5, 5.41) is 5.34. The van der Waals surface area contributed by atoms with E-state index >= 15 is 0 Å². The van der Waals surface area contributed by atoms with Crippen molar-refractivity contribution < 1.29 is 9.47 Å². The molecule has 1 aromatic carbocycles. The van der Waals surface area contributed by atoms with Crippen molar-refractivity contribution in [2.45, 2.75) is 31.8 Å². The fraction of sp³-hybridized carbons (Fsp3) is 0.318. The maximum Gasteiger partial charge on any atom is 0.213 e. The van der Waals surface area contributed by atoms with Crippen LogP contribution >= 0.6 is 23.6 Å². The van der Waals surface area contributed by atoms with E-state index in [0.717, 1.165) is 27.7 Å². The van der Waals surface area contributed by atoms with Crippen LogP contribution in [0.5, 0.6) is 11.6 Å². The third kappa shape index (κ3) is 2.94. The first-order valence-electron chi connectivity index (χ1n) is 9.84. The van der Waals surface area contributed by atoms with Crippen LogP contribution in [0.4, 0.5) is 5.69 Å². The van der Waals surface area contributed by atoms with Crippen LogP contribution in [0, 0.1) is 0 Å². The number of nitrogens with zero attached hydrogens (tertiary/aromatic N) is 3. The number of anilines is 1. The molecule has 1 atom stereocenters. The highest BCUT2D eigenvalue weighted by atomic mass is 32.1. The molecule has 1 unspecified atom stereocenters. The lowest BCUT2D eigenvalue weighted by Crippen LogP contribution is -2.57. The minimum Gasteiger partial charge on any atom is -0.488 e. The summed E-state index contributed by atoms with van der Waals surface area (Å²) in [4.78, 5) is 12.6. The smallest absolute Gasteiger partial charge is 0.213 e. The molecular weight excluding hydrogens is 416 g/mol. The molecule has 1 N–H and O–H groups in total. The number of rotatable bonds is 4. The second-order valence-electron chi connectivity index (χ2n) is 7.75. The average molecular weight is 439 g/mol. The molecular formula is C22H22N4O2S2. The third-order valence-electron chi connectivity index (χ3n) is 5.49. The maximum atomic E-state index is 6.01. The highest BCUT2D eigenvalue weighted by molar-refractivity contribution is 7.80. The molecule has 0 radical (unpaired) electrons. The van der Waals surface area contributed by atoms with E-state index in [9.17, 15) is 0 Å². The summed E-state index contributed by atoms with van der Waals surface area (Å²) in [5.41, 5.74) is 2.31. The monoisotopic (exact) mass is 438 g/mol. The fourth-order valence-electron chi connectivity index (χ4n) is 3.99. The van der Waals surface area contributed by atoms with Crippen LogP contribution in [0.15, 0.2) is 42.6 Å². The van der Waals surface area contributed by atoms with Crippen LogP contribution < -0.4 is 19.7 Å². The van der Waals surface area contributed by atoms with E-state index in [2.05, 4.69) is 41.2 Å². The zero-order chi connectivity index (χ0) is 20.9. The maximum absolute atomic E-state index is 6.01. The Kier molecular flexibility index (Phi) is 4.63. The number of pyridine rings is 1. The molecule has 1 spiro atoms. The number of hydrogen-bond acceptors (Lipinski definition) is 6. The number of methoxy groups -OCH3 is 1. The number of aromatic nitrogens is 2. The average Bonchev–Trinajstić information content (AvgIpc) is 3.37. The van der Waals surface area contributed by atoms with Crippen LogP contribution in [-0.4, -0.2) is 28.8 Å². The summed E-state index contributed by atoms with van der Waals surface area (Å²) >= 11 is 7.58. The number of thiazole rings is 1. The van der Waals surface area contributed by atoms with Crippen molar-refractivity contribution in [1.29, 1.82) is 0 Å². The Balaban J connectivity index is 1.58. The predicted molar refractivity (Wildman–Crippen MR) is 122 cm³/mol. The number of fused-ring (bicyclic) bond motifs is 4. The summed E-state index contributed by atoms with van der Waals surface area (Å²) in [6.45, 7) is 5.41. The third-order valence-corrected chi connectivity index (χ3v) is 7.09. The lowest BCUT2D eigenvalue weighted by atomic mass is 9.85. The molecule has 8 heteroatoms. The first-order chi connectivity index (χ1) is 14.5. The van der Waals surface area contributed by atoms with Gasteiger partial charge < -0.3 is 19.7 Å². The van der Waals surface area contributed by atoms with Crippen molar-refractivity contribution in [3.8, 4) is 11.6 Å². The van der Waals surface area contributed by atoms with Crippen LogP contribution in [-0.2, 0) is 12.1 Å². The van der Waals surface area contributed by atoms with Crippen molar-refractivity contribution in [2.75, 3.05) is 18.6 Å². The topological polar surface area (TPSA) is 59.5 Å². The van der Waals surface area contributed by atoms with Crippen LogP contribution in [0.3, 0.4) is 0 Å². The minimum absolute atomic E-state index is 0.416. The molecule has 3 aromatic rings. The summed E-state index contributed by atoms with van der Waals surface area (Å²) in [5.74, 6) is 1.72. The normalized spacial score (nSPS) is 19.5. The molecule has 2 aliphatic rings. The molecule has 4 heterocycles. The molecule has 2 aliphatic heterocycles. The molecule has 6 nitrogen and oxygen atoms in total. The van der Waals surface area contributed by atoms with Gasteiger partial charge in [-0.2, -0.15) is 0 Å². The second kappa shape index (κ2) is 7.21. The van der Waals surface area contributed by atoms with Crippen molar-refractivity contribution >= 4 is 34.4 Å². The van der Waals surface area contributed by atoms with Crippen LogP contribution in [0.25, 0.3) is 0 Å². The van der Waals surface area contributed by atoms with Gasteiger partial charge in [-0.25, -0.2) is 9.97 Å². The molecule has 0 saturated carbocycles. The van der Waals surface area contributed by atoms with E-state index in [1.165, 1.54) is 4.88 Å². The molecule has 0 fully saturated rings. The van der Waals surface area contributed by atoms with Gasteiger partial charge in [0.05, 0.1) is 18.7 Å². The van der Waals surface area contributed by atoms with Gasteiger partial charge in [0, 0.05) is 34.3 Å². The Bertz CT molecular complexity index is 1130. The number of thiocarbonyl (C=S) groups is 1. The number of para-hydroxylation sites is 1. The van der Waals surface area contributed by atoms with Gasteiger partial charge in [0.25, 0.3) is 0 Å². The Morgan fingerprint density at radius 3 is 2.90 bits per heavy atom. The largest absolute Gasteiger partial charge is 0.488 e. The van der Waals surface area contributed by atoms with E-state index in [-0.39, 0.29) is 0 Å². The van der Waals surface area contributed by atoms with Gasteiger partial charge in [0.15, 0.2) is 5.11 Å². The van der Waals surface area contributed by atoms with Gasteiger partial charge in [-0.3, -0.25) is 0 Å². The van der Waals surface area contributed by atoms with Crippen molar-refractivity contribution in [3.05, 3.63) is 63.7 Å². The van der Waals surface area contributed by atoms with Crippen molar-refractivity contribution in [2.24, 2.45) is 0 Å². The number of ether oxygens (including phenoxy) is 2. The van der Waals surface area contributed by atoms with E-state index in [1.807, 2.05) is 30.5 Å². The molecule has 5 rings (SSSR count). The van der Waals surface area contributed by atoms with Gasteiger partial charge in [0.2, 0.25) is 5.88 Å². The fourth-order valence-corrected chi connectivity index (χ4v) is 5.24. The van der Waals surface area contributed by atoms with Crippen LogP contribution in [0.1, 0.15) is 40.9 Å². The number of hydrogen-bond donors (Lipinski definition) is 1. The minimum atomic E-state index is -0.634. The molecule has 154 valence electrons. The van der Waals surface area contributed by atoms with E-state index in [1.54, 1.807) is 18.4 Å². The van der Waals surface area contributed by atoms with Gasteiger partial charge in [-0.1, -0.05) is 32.0 Å². The Hall–Kier alpha value is -2.71. The summed E-state index contributed by atoms with van der Waals surface area (Å²) < 4.78 is 11.4. The first-order valence-corrected chi connectivity index (χ1v) is 11.1. The highest BCUT2D eigenvalue weighted by Gasteiger charge is 2.50. The van der Waals surface area contributed by atoms with Gasteiger partial charge >= 0.3 is 0 Å². The molecule has 0 amide bonds. The zero-order valence-corrected chi connectivity index (χ0v) is 18.6. The SMILES string of the molecule is COc1ccc2c(n1)C1(CO2)NC(=S)N(Cc2cnc(C(C)C)s2)c2ccccc21. The predicted octanol–water partition coefficient (Wildman–Crippen LogP) is 4.20. The number of benzene rings is 1. The second-order valence-corrected chi connectivity index (χ2v) is 9.28. The van der Waals surface area contributed by atoms with E-state index in [4.69, 9.17) is 26.7 Å². The zero-order valence-electron chi connectivity index (χ0n) is 17.0. The Morgan fingerprint density at radius 1 is 1.30 bits per heavy atom. The quantitative estimate of drug-likeness (QED) is 0.613. The number of nitrogens with one attached hydrogen (secondary N) is 1. The van der Waals surface area contributed by atoms with Gasteiger partial charge in [-0.05, 0) is 24.4 Å². The van der Waals surface area contributed by atoms with Gasteiger partial charge in [-0.15, -0.1) is 11.3 Å². The summed E-state index contributed by atoms with van der Waals surface area (Å²) in [6, 6.07) is 12.0.